The maximum Gasteiger partial charge on any atom is 0.315 e. The molecule has 2 N–H and O–H groups in total. The Balaban J connectivity index is 1.79. The van der Waals surface area contributed by atoms with E-state index < -0.39 is 10.8 Å². The summed E-state index contributed by atoms with van der Waals surface area (Å²) in [5, 5.41) is 6.02. The Labute approximate surface area is 122 Å². The summed E-state index contributed by atoms with van der Waals surface area (Å²) >= 11 is 0. The third kappa shape index (κ3) is 3.82. The van der Waals surface area contributed by atoms with E-state index in [1.807, 2.05) is 25.1 Å². The molecule has 2 rings (SSSR count). The summed E-state index contributed by atoms with van der Waals surface area (Å²) in [5.74, 6) is 0. The van der Waals surface area contributed by atoms with Crippen LogP contribution in [0.5, 0.6) is 0 Å². The first-order valence-corrected chi connectivity index (χ1v) is 8.59. The van der Waals surface area contributed by atoms with E-state index in [9.17, 15) is 9.00 Å². The summed E-state index contributed by atoms with van der Waals surface area (Å²) in [5.41, 5.74) is 0.989. The number of nitrogens with one attached hydrogen (secondary N) is 2. The van der Waals surface area contributed by atoms with Gasteiger partial charge in [0.25, 0.3) is 0 Å². The molecular weight excluding hydrogens is 272 g/mol. The first kappa shape index (κ1) is 15.0. The molecule has 5 heteroatoms. The minimum Gasteiger partial charge on any atom is -0.338 e. The van der Waals surface area contributed by atoms with Crippen molar-refractivity contribution in [2.75, 3.05) is 12.8 Å². The quantitative estimate of drug-likeness (QED) is 0.844. The molecular formula is C15H22N2O2S. The van der Waals surface area contributed by atoms with Crippen molar-refractivity contribution in [2.45, 2.75) is 37.0 Å². The van der Waals surface area contributed by atoms with Gasteiger partial charge in [-0.1, -0.05) is 37.3 Å². The summed E-state index contributed by atoms with van der Waals surface area (Å²) in [6.07, 6.45) is 4.40. The van der Waals surface area contributed by atoms with Crippen LogP contribution < -0.4 is 10.6 Å². The fraction of sp³-hybridized carbons (Fsp3) is 0.533. The number of carbonyl (C=O) groups is 1. The van der Waals surface area contributed by atoms with Crippen molar-refractivity contribution in [3.05, 3.63) is 35.9 Å². The van der Waals surface area contributed by atoms with Gasteiger partial charge in [0.2, 0.25) is 0 Å². The van der Waals surface area contributed by atoms with E-state index in [2.05, 4.69) is 22.8 Å². The standard InChI is InChI=1S/C15H22N2O2S/c1-12(20(2)19)8-11-16-14(18)17-15(9-10-15)13-6-4-3-5-7-13/h3-7,12H,8-11H2,1-2H3,(H2,16,17,18). The van der Waals surface area contributed by atoms with Crippen LogP contribution in [0.3, 0.4) is 0 Å². The van der Waals surface area contributed by atoms with Crippen LogP contribution in [-0.2, 0) is 16.3 Å². The zero-order valence-corrected chi connectivity index (χ0v) is 12.8. The summed E-state index contributed by atoms with van der Waals surface area (Å²) in [6, 6.07) is 9.93. The van der Waals surface area contributed by atoms with Crippen LogP contribution in [0, 0.1) is 0 Å². The van der Waals surface area contributed by atoms with Crippen LogP contribution in [-0.4, -0.2) is 28.3 Å². The fourth-order valence-electron chi connectivity index (χ4n) is 2.18. The molecule has 1 aliphatic rings. The molecule has 4 nitrogen and oxygen atoms in total. The number of carbonyl (C=O) groups excluding carboxylic acids is 1. The van der Waals surface area contributed by atoms with Crippen LogP contribution in [0.1, 0.15) is 31.7 Å². The van der Waals surface area contributed by atoms with Gasteiger partial charge in [-0.15, -0.1) is 0 Å². The van der Waals surface area contributed by atoms with Gasteiger partial charge in [0.1, 0.15) is 0 Å². The number of amides is 2. The van der Waals surface area contributed by atoms with Crippen molar-refractivity contribution < 1.29 is 9.00 Å². The molecule has 1 aromatic rings. The summed E-state index contributed by atoms with van der Waals surface area (Å²) in [6.45, 7) is 2.49. The lowest BCUT2D eigenvalue weighted by atomic mass is 10.1. The molecule has 2 amide bonds. The lowest BCUT2D eigenvalue weighted by Crippen LogP contribution is -2.43. The second-order valence-electron chi connectivity index (χ2n) is 5.43. The van der Waals surface area contributed by atoms with Crippen molar-refractivity contribution in [3.63, 3.8) is 0 Å². The summed E-state index contributed by atoms with van der Waals surface area (Å²) in [4.78, 5) is 11.9. The average Bonchev–Trinajstić information content (AvgIpc) is 3.20. The van der Waals surface area contributed by atoms with E-state index in [1.165, 1.54) is 0 Å². The van der Waals surface area contributed by atoms with Crippen LogP contribution in [0.4, 0.5) is 4.79 Å². The molecule has 1 saturated carbocycles. The monoisotopic (exact) mass is 294 g/mol. The molecule has 0 saturated heterocycles. The maximum absolute atomic E-state index is 11.9. The lowest BCUT2D eigenvalue weighted by molar-refractivity contribution is 0.235. The molecule has 0 aliphatic heterocycles. The fourth-order valence-corrected chi connectivity index (χ4v) is 2.63. The molecule has 20 heavy (non-hydrogen) atoms. The first-order chi connectivity index (χ1) is 9.53. The van der Waals surface area contributed by atoms with E-state index in [0.29, 0.717) is 6.54 Å². The number of urea groups is 1. The molecule has 2 unspecified atom stereocenters. The minimum atomic E-state index is -0.833. The average molecular weight is 294 g/mol. The normalized spacial score (nSPS) is 18.9. The Morgan fingerprint density at radius 1 is 1.35 bits per heavy atom. The topological polar surface area (TPSA) is 58.2 Å². The van der Waals surface area contributed by atoms with E-state index in [1.54, 1.807) is 6.26 Å². The largest absolute Gasteiger partial charge is 0.338 e. The van der Waals surface area contributed by atoms with E-state index in [0.717, 1.165) is 24.8 Å². The van der Waals surface area contributed by atoms with Gasteiger partial charge in [0, 0.05) is 28.9 Å². The van der Waals surface area contributed by atoms with Crippen LogP contribution >= 0.6 is 0 Å². The molecule has 0 heterocycles. The number of hydrogen-bond acceptors (Lipinski definition) is 2. The Morgan fingerprint density at radius 3 is 2.55 bits per heavy atom. The van der Waals surface area contributed by atoms with Gasteiger partial charge in [-0.2, -0.15) is 0 Å². The van der Waals surface area contributed by atoms with Gasteiger partial charge in [0.05, 0.1) is 5.54 Å². The predicted molar refractivity (Wildman–Crippen MR) is 82.0 cm³/mol. The van der Waals surface area contributed by atoms with Crippen LogP contribution in [0.2, 0.25) is 0 Å². The van der Waals surface area contributed by atoms with Gasteiger partial charge in [-0.05, 0) is 24.8 Å². The van der Waals surface area contributed by atoms with Crippen molar-refractivity contribution in [3.8, 4) is 0 Å². The lowest BCUT2D eigenvalue weighted by Gasteiger charge is -2.18. The predicted octanol–water partition coefficient (Wildman–Crippen LogP) is 2.13. The summed E-state index contributed by atoms with van der Waals surface area (Å²) in [7, 11) is -0.833. The minimum absolute atomic E-state index is 0.110. The van der Waals surface area contributed by atoms with Crippen LogP contribution in [0.15, 0.2) is 30.3 Å². The van der Waals surface area contributed by atoms with E-state index in [-0.39, 0.29) is 16.8 Å². The highest BCUT2D eigenvalue weighted by Gasteiger charge is 2.45. The molecule has 0 aromatic heterocycles. The van der Waals surface area contributed by atoms with E-state index in [4.69, 9.17) is 0 Å². The third-order valence-electron chi connectivity index (χ3n) is 3.83. The smallest absolute Gasteiger partial charge is 0.315 e. The number of rotatable bonds is 6. The second-order valence-corrected chi connectivity index (χ2v) is 7.23. The summed E-state index contributed by atoms with van der Waals surface area (Å²) < 4.78 is 11.2. The second kappa shape index (κ2) is 6.39. The number of hydrogen-bond donors (Lipinski definition) is 2. The van der Waals surface area contributed by atoms with Crippen LogP contribution in [0.25, 0.3) is 0 Å². The van der Waals surface area contributed by atoms with Gasteiger partial charge < -0.3 is 10.6 Å². The molecule has 110 valence electrons. The molecule has 1 fully saturated rings. The highest BCUT2D eigenvalue weighted by Crippen LogP contribution is 2.45. The SMILES string of the molecule is CC(CCNC(=O)NC1(c2ccccc2)CC1)S(C)=O. The van der Waals surface area contributed by atoms with E-state index >= 15 is 0 Å². The van der Waals surface area contributed by atoms with Gasteiger partial charge in [0.15, 0.2) is 0 Å². The van der Waals surface area contributed by atoms with Gasteiger partial charge >= 0.3 is 6.03 Å². The zero-order valence-electron chi connectivity index (χ0n) is 12.0. The molecule has 1 aromatic carbocycles. The van der Waals surface area contributed by atoms with Gasteiger partial charge in [-0.3, -0.25) is 4.21 Å². The molecule has 1 aliphatic carbocycles. The number of benzene rings is 1. The molecule has 0 bridgehead atoms. The molecule has 2 atom stereocenters. The highest BCUT2D eigenvalue weighted by atomic mass is 32.2. The van der Waals surface area contributed by atoms with Gasteiger partial charge in [-0.25, -0.2) is 4.79 Å². The Hall–Kier alpha value is -1.36. The maximum atomic E-state index is 11.9. The highest BCUT2D eigenvalue weighted by molar-refractivity contribution is 7.84. The van der Waals surface area contributed by atoms with Crippen molar-refractivity contribution in [1.82, 2.24) is 10.6 Å². The van der Waals surface area contributed by atoms with Crippen molar-refractivity contribution >= 4 is 16.8 Å². The molecule has 0 spiro atoms. The third-order valence-corrected chi connectivity index (χ3v) is 5.20. The molecule has 0 radical (unpaired) electrons. The first-order valence-electron chi connectivity index (χ1n) is 6.97. The van der Waals surface area contributed by atoms with Crippen molar-refractivity contribution in [1.29, 1.82) is 0 Å². The van der Waals surface area contributed by atoms with Crippen molar-refractivity contribution in [2.24, 2.45) is 0 Å². The Kier molecular flexibility index (Phi) is 4.81. The zero-order chi connectivity index (χ0) is 14.6. The Bertz CT molecular complexity index is 486. The Morgan fingerprint density at radius 2 is 2.00 bits per heavy atom.